The van der Waals surface area contributed by atoms with E-state index in [4.69, 9.17) is 12.2 Å². The lowest BCUT2D eigenvalue weighted by molar-refractivity contribution is 0.475. The minimum absolute atomic E-state index is 0.178. The fraction of sp³-hybridized carbons (Fsp3) is 0. The fourth-order valence-electron chi connectivity index (χ4n) is 2.23. The molecule has 106 valence electrons. The van der Waals surface area contributed by atoms with E-state index in [0.29, 0.717) is 10.2 Å². The van der Waals surface area contributed by atoms with Crippen molar-refractivity contribution in [2.24, 2.45) is 0 Å². The Morgan fingerprint density at radius 3 is 2.36 bits per heavy atom. The Hall–Kier alpha value is -2.97. The zero-order chi connectivity index (χ0) is 15.5. The van der Waals surface area contributed by atoms with Gasteiger partial charge in [0.25, 0.3) is 0 Å². The molecular formula is C17H11N3OS. The molecule has 3 aromatic rings. The number of pyridine rings is 2. The van der Waals surface area contributed by atoms with E-state index in [9.17, 15) is 10.4 Å². The molecule has 22 heavy (non-hydrogen) atoms. The van der Waals surface area contributed by atoms with Crippen molar-refractivity contribution in [3.8, 4) is 34.2 Å². The number of rotatable bonds is 2. The molecule has 3 rings (SSSR count). The van der Waals surface area contributed by atoms with Gasteiger partial charge < -0.3 is 10.1 Å². The summed E-state index contributed by atoms with van der Waals surface area (Å²) in [6, 6.07) is 14.5. The summed E-state index contributed by atoms with van der Waals surface area (Å²) < 4.78 is 0.389. The molecule has 0 fully saturated rings. The molecule has 2 N–H and O–H groups in total. The Morgan fingerprint density at radius 2 is 1.73 bits per heavy atom. The summed E-state index contributed by atoms with van der Waals surface area (Å²) in [4.78, 5) is 7.08. The number of nitrogens with one attached hydrogen (secondary N) is 1. The molecule has 4 nitrogen and oxygen atoms in total. The van der Waals surface area contributed by atoms with Crippen LogP contribution in [0.3, 0.4) is 0 Å². The van der Waals surface area contributed by atoms with E-state index in [0.717, 1.165) is 22.4 Å². The van der Waals surface area contributed by atoms with Crippen LogP contribution in [0.25, 0.3) is 22.4 Å². The number of nitriles is 1. The summed E-state index contributed by atoms with van der Waals surface area (Å²) in [6.07, 6.45) is 3.40. The van der Waals surface area contributed by atoms with E-state index in [1.54, 1.807) is 36.7 Å². The number of hydrogen-bond donors (Lipinski definition) is 2. The van der Waals surface area contributed by atoms with Crippen molar-refractivity contribution in [2.75, 3.05) is 0 Å². The van der Waals surface area contributed by atoms with Gasteiger partial charge in [0.05, 0.1) is 5.56 Å². The third kappa shape index (κ3) is 2.60. The quantitative estimate of drug-likeness (QED) is 0.701. The van der Waals surface area contributed by atoms with Crippen LogP contribution in [-0.4, -0.2) is 15.1 Å². The number of nitrogens with zero attached hydrogens (tertiary/aromatic N) is 2. The SMILES string of the molecule is N#Cc1c(-c2ccc(O)cc2)cc(-c2ccncc2)[nH]c1=S. The van der Waals surface area contributed by atoms with Gasteiger partial charge in [-0.05, 0) is 35.9 Å². The van der Waals surface area contributed by atoms with E-state index in [1.807, 2.05) is 18.2 Å². The standard InChI is InChI=1S/C17H11N3OS/c18-10-15-14(11-1-3-13(21)4-2-11)9-16(20-17(15)22)12-5-7-19-8-6-12/h1-9,21H,(H,20,22). The Kier molecular flexibility index (Phi) is 3.69. The third-order valence-corrected chi connectivity index (χ3v) is 3.62. The molecule has 0 spiro atoms. The Bertz CT molecular complexity index is 909. The number of H-pyrrole nitrogens is 1. The number of phenols is 1. The van der Waals surface area contributed by atoms with Crippen LogP contribution >= 0.6 is 12.2 Å². The van der Waals surface area contributed by atoms with Gasteiger partial charge in [0.15, 0.2) is 0 Å². The van der Waals surface area contributed by atoms with Gasteiger partial charge in [-0.25, -0.2) is 0 Å². The van der Waals surface area contributed by atoms with Crippen molar-refractivity contribution in [3.05, 3.63) is 65.1 Å². The van der Waals surface area contributed by atoms with Gasteiger partial charge in [0.1, 0.15) is 16.5 Å². The summed E-state index contributed by atoms with van der Waals surface area (Å²) in [5.74, 6) is 0.178. The molecule has 0 aliphatic carbocycles. The Morgan fingerprint density at radius 1 is 1.05 bits per heavy atom. The molecular weight excluding hydrogens is 294 g/mol. The van der Waals surface area contributed by atoms with Crippen LogP contribution in [0.15, 0.2) is 54.9 Å². The topological polar surface area (TPSA) is 72.7 Å². The molecule has 5 heteroatoms. The largest absolute Gasteiger partial charge is 0.508 e. The van der Waals surface area contributed by atoms with E-state index in [-0.39, 0.29) is 5.75 Å². The van der Waals surface area contributed by atoms with Crippen molar-refractivity contribution in [3.63, 3.8) is 0 Å². The zero-order valence-corrected chi connectivity index (χ0v) is 12.3. The number of aromatic nitrogens is 2. The number of aromatic hydroxyl groups is 1. The van der Waals surface area contributed by atoms with Crippen molar-refractivity contribution < 1.29 is 5.11 Å². The minimum atomic E-state index is 0.178. The zero-order valence-electron chi connectivity index (χ0n) is 11.4. The lowest BCUT2D eigenvalue weighted by atomic mass is 9.99. The van der Waals surface area contributed by atoms with E-state index in [1.165, 1.54) is 0 Å². The third-order valence-electron chi connectivity index (χ3n) is 3.31. The monoisotopic (exact) mass is 305 g/mol. The van der Waals surface area contributed by atoms with Gasteiger partial charge in [-0.15, -0.1) is 0 Å². The molecule has 0 bridgehead atoms. The summed E-state index contributed by atoms with van der Waals surface area (Å²) in [5.41, 5.74) is 3.72. The first-order valence-corrected chi connectivity index (χ1v) is 6.97. The average molecular weight is 305 g/mol. The summed E-state index contributed by atoms with van der Waals surface area (Å²) in [7, 11) is 0. The smallest absolute Gasteiger partial charge is 0.122 e. The highest BCUT2D eigenvalue weighted by molar-refractivity contribution is 7.71. The van der Waals surface area contributed by atoms with Crippen molar-refractivity contribution in [1.82, 2.24) is 9.97 Å². The van der Waals surface area contributed by atoms with Crippen LogP contribution in [0.2, 0.25) is 0 Å². The summed E-state index contributed by atoms with van der Waals surface area (Å²) in [5, 5.41) is 18.8. The molecule has 0 saturated carbocycles. The predicted octanol–water partition coefficient (Wildman–Crippen LogP) is 4.05. The fourth-order valence-corrected chi connectivity index (χ4v) is 2.49. The number of benzene rings is 1. The van der Waals surface area contributed by atoms with Crippen LogP contribution < -0.4 is 0 Å². The van der Waals surface area contributed by atoms with Gasteiger partial charge in [-0.2, -0.15) is 5.26 Å². The van der Waals surface area contributed by atoms with Gasteiger partial charge in [0.2, 0.25) is 0 Å². The first-order chi connectivity index (χ1) is 10.7. The van der Waals surface area contributed by atoms with Crippen molar-refractivity contribution in [2.45, 2.75) is 0 Å². The maximum atomic E-state index is 9.42. The molecule has 0 radical (unpaired) electrons. The molecule has 0 saturated heterocycles. The van der Waals surface area contributed by atoms with E-state index >= 15 is 0 Å². The maximum Gasteiger partial charge on any atom is 0.122 e. The highest BCUT2D eigenvalue weighted by atomic mass is 32.1. The van der Waals surface area contributed by atoms with Crippen LogP contribution in [0.5, 0.6) is 5.75 Å². The highest BCUT2D eigenvalue weighted by Crippen LogP contribution is 2.29. The minimum Gasteiger partial charge on any atom is -0.508 e. The van der Waals surface area contributed by atoms with E-state index in [2.05, 4.69) is 16.0 Å². The second-order valence-electron chi connectivity index (χ2n) is 4.70. The molecule has 0 unspecified atom stereocenters. The summed E-state index contributed by atoms with van der Waals surface area (Å²) >= 11 is 5.31. The first-order valence-electron chi connectivity index (χ1n) is 6.56. The molecule has 0 atom stereocenters. The number of phenolic OH excluding ortho intramolecular Hbond substituents is 1. The molecule has 0 aliphatic rings. The van der Waals surface area contributed by atoms with Gasteiger partial charge in [0, 0.05) is 29.2 Å². The molecule has 0 aliphatic heterocycles. The van der Waals surface area contributed by atoms with Crippen molar-refractivity contribution >= 4 is 12.2 Å². The molecule has 2 aromatic heterocycles. The van der Waals surface area contributed by atoms with Gasteiger partial charge >= 0.3 is 0 Å². The van der Waals surface area contributed by atoms with Crippen LogP contribution in [-0.2, 0) is 0 Å². The van der Waals surface area contributed by atoms with Crippen LogP contribution in [0.4, 0.5) is 0 Å². The number of aromatic amines is 1. The number of hydrogen-bond acceptors (Lipinski definition) is 4. The Labute approximate surface area is 132 Å². The second kappa shape index (κ2) is 5.80. The molecule has 2 heterocycles. The summed E-state index contributed by atoms with van der Waals surface area (Å²) in [6.45, 7) is 0. The maximum absolute atomic E-state index is 9.42. The first kappa shape index (κ1) is 14.0. The van der Waals surface area contributed by atoms with Gasteiger partial charge in [-0.1, -0.05) is 24.4 Å². The predicted molar refractivity (Wildman–Crippen MR) is 86.7 cm³/mol. The second-order valence-corrected chi connectivity index (χ2v) is 5.10. The van der Waals surface area contributed by atoms with Gasteiger partial charge in [-0.3, -0.25) is 4.98 Å². The normalized spacial score (nSPS) is 10.1. The van der Waals surface area contributed by atoms with Crippen molar-refractivity contribution in [1.29, 1.82) is 5.26 Å². The van der Waals surface area contributed by atoms with E-state index < -0.39 is 0 Å². The Balaban J connectivity index is 2.24. The molecule has 0 amide bonds. The lowest BCUT2D eigenvalue weighted by Crippen LogP contribution is -1.93. The highest BCUT2D eigenvalue weighted by Gasteiger charge is 2.10. The molecule has 1 aromatic carbocycles. The average Bonchev–Trinajstić information content (AvgIpc) is 2.55. The van der Waals surface area contributed by atoms with Crippen LogP contribution in [0.1, 0.15) is 5.56 Å². The lowest BCUT2D eigenvalue weighted by Gasteiger charge is -2.09. The van der Waals surface area contributed by atoms with Crippen LogP contribution in [0, 0.1) is 16.0 Å².